The zero-order chi connectivity index (χ0) is 22.1. The number of anilines is 2. The van der Waals surface area contributed by atoms with E-state index in [2.05, 4.69) is 20.3 Å². The van der Waals surface area contributed by atoms with Gasteiger partial charge < -0.3 is 20.8 Å². The first-order valence-electron chi connectivity index (χ1n) is 8.94. The summed E-state index contributed by atoms with van der Waals surface area (Å²) in [6, 6.07) is 10.4. The maximum Gasteiger partial charge on any atom is 0.248 e. The van der Waals surface area contributed by atoms with E-state index in [1.807, 2.05) is 6.07 Å². The number of fused-ring (bicyclic) bond motifs is 1. The van der Waals surface area contributed by atoms with Gasteiger partial charge in [-0.2, -0.15) is 5.26 Å². The second-order valence-electron chi connectivity index (χ2n) is 6.59. The highest BCUT2D eigenvalue weighted by Gasteiger charge is 2.20. The van der Waals surface area contributed by atoms with Gasteiger partial charge in [0.25, 0.3) is 0 Å². The lowest BCUT2D eigenvalue weighted by Gasteiger charge is -2.12. The van der Waals surface area contributed by atoms with Gasteiger partial charge in [0.15, 0.2) is 28.8 Å². The highest BCUT2D eigenvalue weighted by Crippen LogP contribution is 2.34. The summed E-state index contributed by atoms with van der Waals surface area (Å²) >= 11 is 0. The van der Waals surface area contributed by atoms with E-state index >= 15 is 0 Å². The molecule has 0 aliphatic rings. The van der Waals surface area contributed by atoms with Crippen LogP contribution in [0.1, 0.15) is 21.6 Å². The molecule has 0 unspecified atom stereocenters. The Labute approximate surface area is 174 Å². The van der Waals surface area contributed by atoms with Gasteiger partial charge in [-0.3, -0.25) is 4.79 Å². The minimum atomic E-state index is -0.792. The molecule has 0 radical (unpaired) electrons. The van der Waals surface area contributed by atoms with Crippen molar-refractivity contribution in [3.05, 3.63) is 71.2 Å². The van der Waals surface area contributed by atoms with Crippen LogP contribution in [0.15, 0.2) is 42.7 Å². The topological polar surface area (TPSA) is 130 Å². The number of H-pyrrole nitrogens is 1. The first kappa shape index (κ1) is 19.8. The van der Waals surface area contributed by atoms with Crippen LogP contribution in [0.3, 0.4) is 0 Å². The third kappa shape index (κ3) is 3.72. The first-order valence-corrected chi connectivity index (χ1v) is 8.94. The summed E-state index contributed by atoms with van der Waals surface area (Å²) in [5.74, 6) is -2.67. The first-order chi connectivity index (χ1) is 14.9. The second-order valence-corrected chi connectivity index (χ2v) is 6.59. The number of nitrogens with zero attached hydrogens (tertiary/aromatic N) is 3. The number of amides is 1. The molecule has 0 fully saturated rings. The normalized spacial score (nSPS) is 10.6. The Bertz CT molecular complexity index is 1360. The lowest BCUT2D eigenvalue weighted by Crippen LogP contribution is -2.10. The largest absolute Gasteiger partial charge is 0.434 e. The van der Waals surface area contributed by atoms with Crippen molar-refractivity contribution < 1.29 is 18.3 Å². The van der Waals surface area contributed by atoms with Crippen LogP contribution in [-0.4, -0.2) is 20.9 Å². The monoisotopic (exact) mass is 420 g/mol. The van der Waals surface area contributed by atoms with Gasteiger partial charge in [-0.15, -0.1) is 0 Å². The molecule has 0 bridgehead atoms. The molecule has 154 valence electrons. The van der Waals surface area contributed by atoms with E-state index in [-0.39, 0.29) is 28.2 Å². The van der Waals surface area contributed by atoms with E-state index in [1.54, 1.807) is 19.1 Å². The third-order valence-corrected chi connectivity index (χ3v) is 4.46. The zero-order valence-corrected chi connectivity index (χ0v) is 16.0. The number of primary amides is 1. The van der Waals surface area contributed by atoms with E-state index in [1.165, 1.54) is 18.2 Å². The lowest BCUT2D eigenvalue weighted by molar-refractivity contribution is 0.100. The molecule has 0 aliphatic heterocycles. The van der Waals surface area contributed by atoms with Crippen LogP contribution in [0, 0.1) is 29.9 Å². The smallest absolute Gasteiger partial charge is 0.248 e. The van der Waals surface area contributed by atoms with Crippen molar-refractivity contribution in [3.8, 4) is 17.7 Å². The number of nitrogens with two attached hydrogens (primary N) is 1. The summed E-state index contributed by atoms with van der Waals surface area (Å²) in [6.07, 6.45) is 1.11. The summed E-state index contributed by atoms with van der Waals surface area (Å²) in [5.41, 5.74) is 6.52. The number of ether oxygens (including phenoxy) is 1. The number of aromatic nitrogens is 3. The minimum absolute atomic E-state index is 0.0207. The van der Waals surface area contributed by atoms with Crippen molar-refractivity contribution in [1.29, 1.82) is 5.26 Å². The fourth-order valence-corrected chi connectivity index (χ4v) is 3.01. The fourth-order valence-electron chi connectivity index (χ4n) is 3.01. The number of halogens is 2. The molecule has 8 nitrogen and oxygen atoms in total. The summed E-state index contributed by atoms with van der Waals surface area (Å²) in [4.78, 5) is 21.8. The number of benzene rings is 2. The van der Waals surface area contributed by atoms with E-state index in [4.69, 9.17) is 10.5 Å². The quantitative estimate of drug-likeness (QED) is 0.447. The molecule has 0 saturated carbocycles. The highest BCUT2D eigenvalue weighted by atomic mass is 19.1. The van der Waals surface area contributed by atoms with Crippen LogP contribution < -0.4 is 15.8 Å². The Balaban J connectivity index is 1.69. The third-order valence-electron chi connectivity index (χ3n) is 4.46. The van der Waals surface area contributed by atoms with Gasteiger partial charge in [0.1, 0.15) is 12.4 Å². The van der Waals surface area contributed by atoms with E-state index in [0.717, 1.165) is 12.4 Å². The van der Waals surface area contributed by atoms with Crippen LogP contribution in [0.5, 0.6) is 11.6 Å². The molecule has 0 spiro atoms. The van der Waals surface area contributed by atoms with Crippen molar-refractivity contribution in [2.45, 2.75) is 6.92 Å². The van der Waals surface area contributed by atoms with Crippen molar-refractivity contribution >= 4 is 28.3 Å². The number of rotatable bonds is 5. The molecule has 0 aliphatic carbocycles. The van der Waals surface area contributed by atoms with E-state index in [9.17, 15) is 18.8 Å². The Hall–Kier alpha value is -4.52. The number of hydrogen-bond acceptors (Lipinski definition) is 6. The summed E-state index contributed by atoms with van der Waals surface area (Å²) in [6.45, 7) is 1.67. The van der Waals surface area contributed by atoms with Crippen LogP contribution in [0.25, 0.3) is 10.9 Å². The van der Waals surface area contributed by atoms with Gasteiger partial charge in [-0.1, -0.05) is 0 Å². The van der Waals surface area contributed by atoms with Crippen LogP contribution in [-0.2, 0) is 0 Å². The van der Waals surface area contributed by atoms with Gasteiger partial charge in [-0.05, 0) is 37.3 Å². The van der Waals surface area contributed by atoms with Crippen LogP contribution in [0.4, 0.5) is 20.3 Å². The van der Waals surface area contributed by atoms with E-state index in [0.29, 0.717) is 16.9 Å². The number of aryl methyl sites for hydroxylation is 1. The number of aromatic amines is 1. The molecular weight excluding hydrogens is 406 g/mol. The molecule has 31 heavy (non-hydrogen) atoms. The van der Waals surface area contributed by atoms with Crippen molar-refractivity contribution in [2.75, 3.05) is 5.32 Å². The fraction of sp³-hybridized carbons (Fsp3) is 0.0476. The molecule has 4 aromatic rings. The van der Waals surface area contributed by atoms with Gasteiger partial charge in [0.2, 0.25) is 11.8 Å². The van der Waals surface area contributed by atoms with Gasteiger partial charge >= 0.3 is 0 Å². The zero-order valence-electron chi connectivity index (χ0n) is 16.0. The highest BCUT2D eigenvalue weighted by molar-refractivity contribution is 5.93. The number of hydrogen-bond donors (Lipinski definition) is 3. The maximum atomic E-state index is 14.8. The van der Waals surface area contributed by atoms with Crippen LogP contribution >= 0.6 is 0 Å². The molecule has 0 saturated heterocycles. The second kappa shape index (κ2) is 7.72. The number of nitrogens with one attached hydrogen (secondary N) is 2. The average molecular weight is 420 g/mol. The number of nitriles is 1. The molecule has 0 atom stereocenters. The van der Waals surface area contributed by atoms with Gasteiger partial charge in [-0.25, -0.2) is 18.7 Å². The minimum Gasteiger partial charge on any atom is -0.434 e. The summed E-state index contributed by atoms with van der Waals surface area (Å²) in [7, 11) is 0. The molecule has 2 aromatic heterocycles. The van der Waals surface area contributed by atoms with E-state index < -0.39 is 23.3 Å². The standard InChI is InChI=1S/C21H14F2N6O2/c1-10-6-13-17(23)16(7-15(22)18(13)28-10)31-21-14(8-24)20(26-9-27-21)29-12-4-2-11(3-5-12)19(25)30/h2-7,9,28H,1H3,(H2,25,30)(H,26,27,29). The lowest BCUT2D eigenvalue weighted by atomic mass is 10.2. The van der Waals surface area contributed by atoms with Crippen molar-refractivity contribution in [3.63, 3.8) is 0 Å². The summed E-state index contributed by atoms with van der Waals surface area (Å²) in [5, 5.41) is 12.5. The maximum absolute atomic E-state index is 14.8. The molecule has 1 amide bonds. The summed E-state index contributed by atoms with van der Waals surface area (Å²) < 4.78 is 34.7. The number of carbonyl (C=O) groups is 1. The predicted molar refractivity (Wildman–Crippen MR) is 108 cm³/mol. The molecule has 4 N–H and O–H groups in total. The van der Waals surface area contributed by atoms with Gasteiger partial charge in [0.05, 0.1) is 5.52 Å². The molecule has 4 rings (SSSR count). The Morgan fingerprint density at radius 1 is 1.23 bits per heavy atom. The molecular formula is C21H14F2N6O2. The molecule has 2 heterocycles. The average Bonchev–Trinajstić information content (AvgIpc) is 3.15. The van der Waals surface area contributed by atoms with Crippen LogP contribution in [0.2, 0.25) is 0 Å². The van der Waals surface area contributed by atoms with Crippen molar-refractivity contribution in [1.82, 2.24) is 15.0 Å². The van der Waals surface area contributed by atoms with Crippen molar-refractivity contribution in [2.24, 2.45) is 5.73 Å². The Morgan fingerprint density at radius 3 is 2.65 bits per heavy atom. The Kier molecular flexibility index (Phi) is 4.92. The van der Waals surface area contributed by atoms with Gasteiger partial charge in [0, 0.05) is 28.4 Å². The molecule has 10 heteroatoms. The number of carbonyl (C=O) groups excluding carboxylic acids is 1. The Morgan fingerprint density at radius 2 is 1.97 bits per heavy atom. The predicted octanol–water partition coefficient (Wildman–Crippen LogP) is 4.05. The SMILES string of the molecule is Cc1cc2c(F)c(Oc3ncnc(Nc4ccc(C(N)=O)cc4)c3C#N)cc(F)c2[nH]1. The molecule has 2 aromatic carbocycles.